The Kier molecular flexibility index (Phi) is 4.40. The second kappa shape index (κ2) is 5.36. The Bertz CT molecular complexity index is 224. The lowest BCUT2D eigenvalue weighted by Crippen LogP contribution is -2.39. The van der Waals surface area contributed by atoms with Crippen LogP contribution < -0.4 is 5.32 Å². The number of nitriles is 1. The molecule has 0 heterocycles. The van der Waals surface area contributed by atoms with Crippen LogP contribution in [0.25, 0.3) is 0 Å². The van der Waals surface area contributed by atoms with Crippen molar-refractivity contribution in [1.82, 2.24) is 5.32 Å². The van der Waals surface area contributed by atoms with E-state index >= 15 is 0 Å². The molecule has 15 heavy (non-hydrogen) atoms. The fraction of sp³-hybridized carbons (Fsp3) is 0.900. The van der Waals surface area contributed by atoms with Gasteiger partial charge in [0.2, 0.25) is 0 Å². The van der Waals surface area contributed by atoms with Gasteiger partial charge in [-0.15, -0.1) is 0 Å². The number of nitrogens with one attached hydrogen (secondary N) is 1. The van der Waals surface area contributed by atoms with E-state index in [1.807, 2.05) is 0 Å². The van der Waals surface area contributed by atoms with Gasteiger partial charge in [-0.3, -0.25) is 0 Å². The minimum absolute atomic E-state index is 0.0263. The molecule has 0 aliphatic heterocycles. The summed E-state index contributed by atoms with van der Waals surface area (Å²) in [5, 5.41) is 11.0. The second-order valence-corrected chi connectivity index (χ2v) is 4.08. The zero-order valence-electron chi connectivity index (χ0n) is 8.48. The summed E-state index contributed by atoms with van der Waals surface area (Å²) in [7, 11) is 0. The van der Waals surface area contributed by atoms with Gasteiger partial charge in [-0.2, -0.15) is 18.4 Å². The molecule has 0 atom stereocenters. The maximum absolute atomic E-state index is 11.9. The molecule has 1 saturated carbocycles. The van der Waals surface area contributed by atoms with Crippen LogP contribution in [-0.2, 0) is 0 Å². The normalized spacial score (nSPS) is 27.3. The topological polar surface area (TPSA) is 35.8 Å². The second-order valence-electron chi connectivity index (χ2n) is 4.08. The van der Waals surface area contributed by atoms with Gasteiger partial charge >= 0.3 is 6.18 Å². The van der Waals surface area contributed by atoms with E-state index in [-0.39, 0.29) is 6.04 Å². The Morgan fingerprint density at radius 1 is 1.20 bits per heavy atom. The molecular weight excluding hydrogens is 205 g/mol. The lowest BCUT2D eigenvalue weighted by Gasteiger charge is -2.28. The Morgan fingerprint density at radius 2 is 1.80 bits per heavy atom. The van der Waals surface area contributed by atoms with Gasteiger partial charge in [0.05, 0.1) is 12.6 Å². The molecule has 0 bridgehead atoms. The van der Waals surface area contributed by atoms with E-state index in [1.54, 1.807) is 0 Å². The van der Waals surface area contributed by atoms with Crippen LogP contribution in [0.4, 0.5) is 13.2 Å². The van der Waals surface area contributed by atoms with Crippen LogP contribution in [0, 0.1) is 17.2 Å². The first-order valence-electron chi connectivity index (χ1n) is 5.18. The van der Waals surface area contributed by atoms with Gasteiger partial charge in [0.25, 0.3) is 0 Å². The third kappa shape index (κ3) is 5.03. The molecule has 2 nitrogen and oxygen atoms in total. The molecule has 86 valence electrons. The highest BCUT2D eigenvalue weighted by atomic mass is 19.4. The third-order valence-electron chi connectivity index (χ3n) is 2.82. The fourth-order valence-corrected chi connectivity index (χ4v) is 1.96. The van der Waals surface area contributed by atoms with Crippen molar-refractivity contribution >= 4 is 0 Å². The van der Waals surface area contributed by atoms with E-state index in [1.165, 1.54) is 0 Å². The van der Waals surface area contributed by atoms with E-state index in [0.29, 0.717) is 12.3 Å². The van der Waals surface area contributed by atoms with Crippen molar-refractivity contribution < 1.29 is 13.2 Å². The average Bonchev–Trinajstić information content (AvgIpc) is 2.16. The van der Waals surface area contributed by atoms with Crippen LogP contribution in [0.3, 0.4) is 0 Å². The summed E-state index contributed by atoms with van der Waals surface area (Å²) in [6, 6.07) is 2.08. The number of nitrogens with zero attached hydrogens (tertiary/aromatic N) is 1. The molecule has 0 aromatic carbocycles. The molecule has 0 unspecified atom stereocenters. The van der Waals surface area contributed by atoms with Gasteiger partial charge in [-0.1, -0.05) is 0 Å². The maximum Gasteiger partial charge on any atom is 0.401 e. The molecule has 1 aliphatic rings. The van der Waals surface area contributed by atoms with Crippen molar-refractivity contribution in [1.29, 1.82) is 5.26 Å². The van der Waals surface area contributed by atoms with Gasteiger partial charge < -0.3 is 5.32 Å². The summed E-state index contributed by atoms with van der Waals surface area (Å²) in [6.45, 7) is -0.902. The smallest absolute Gasteiger partial charge is 0.306 e. The lowest BCUT2D eigenvalue weighted by atomic mass is 9.84. The Hall–Kier alpha value is -0.760. The van der Waals surface area contributed by atoms with E-state index in [2.05, 4.69) is 11.4 Å². The van der Waals surface area contributed by atoms with E-state index in [4.69, 9.17) is 5.26 Å². The fourth-order valence-electron chi connectivity index (χ4n) is 1.96. The van der Waals surface area contributed by atoms with Crippen molar-refractivity contribution in [2.75, 3.05) is 6.54 Å². The van der Waals surface area contributed by atoms with Crippen molar-refractivity contribution in [3.05, 3.63) is 0 Å². The van der Waals surface area contributed by atoms with Crippen LogP contribution >= 0.6 is 0 Å². The standard InChI is InChI=1S/C10H15F3N2/c11-10(12,13)7-15-9-3-1-8(2-4-9)5-6-14/h8-9,15H,1-5,7H2. The summed E-state index contributed by atoms with van der Waals surface area (Å²) < 4.78 is 35.7. The molecule has 1 rings (SSSR count). The highest BCUT2D eigenvalue weighted by Gasteiger charge is 2.29. The predicted octanol–water partition coefficient (Wildman–Crippen LogP) is 2.61. The zero-order chi connectivity index (χ0) is 11.3. The molecule has 0 amide bonds. The summed E-state index contributed by atoms with van der Waals surface area (Å²) >= 11 is 0. The van der Waals surface area contributed by atoms with E-state index in [9.17, 15) is 13.2 Å². The van der Waals surface area contributed by atoms with Gasteiger partial charge in [0, 0.05) is 12.5 Å². The van der Waals surface area contributed by atoms with E-state index < -0.39 is 12.7 Å². The van der Waals surface area contributed by atoms with Crippen LogP contribution in [0.5, 0.6) is 0 Å². The summed E-state index contributed by atoms with van der Waals surface area (Å²) in [4.78, 5) is 0. The molecule has 1 N–H and O–H groups in total. The first-order valence-corrected chi connectivity index (χ1v) is 5.18. The van der Waals surface area contributed by atoms with Gasteiger partial charge in [0.15, 0.2) is 0 Å². The molecule has 0 aromatic rings. The number of rotatable bonds is 3. The van der Waals surface area contributed by atoms with Crippen molar-refractivity contribution in [2.24, 2.45) is 5.92 Å². The molecular formula is C10H15F3N2. The maximum atomic E-state index is 11.9. The highest BCUT2D eigenvalue weighted by Crippen LogP contribution is 2.26. The highest BCUT2D eigenvalue weighted by molar-refractivity contribution is 4.83. The minimum atomic E-state index is -4.12. The molecule has 5 heteroatoms. The molecule has 0 aromatic heterocycles. The van der Waals surface area contributed by atoms with Crippen LogP contribution in [0.1, 0.15) is 32.1 Å². The predicted molar refractivity (Wildman–Crippen MR) is 50.0 cm³/mol. The lowest BCUT2D eigenvalue weighted by molar-refractivity contribution is -0.126. The first kappa shape index (κ1) is 12.3. The molecule has 0 saturated heterocycles. The first-order chi connectivity index (χ1) is 7.01. The minimum Gasteiger partial charge on any atom is -0.306 e. The zero-order valence-corrected chi connectivity index (χ0v) is 8.48. The molecule has 1 fully saturated rings. The Balaban J connectivity index is 2.18. The average molecular weight is 220 g/mol. The summed E-state index contributed by atoms with van der Waals surface area (Å²) in [5.74, 6) is 0.388. The molecule has 0 spiro atoms. The van der Waals surface area contributed by atoms with Gasteiger partial charge in [-0.05, 0) is 31.6 Å². The van der Waals surface area contributed by atoms with Crippen LogP contribution in [-0.4, -0.2) is 18.8 Å². The van der Waals surface area contributed by atoms with Crippen molar-refractivity contribution in [2.45, 2.75) is 44.3 Å². The summed E-state index contributed by atoms with van der Waals surface area (Å²) in [6.07, 6.45) is -0.355. The third-order valence-corrected chi connectivity index (χ3v) is 2.82. The largest absolute Gasteiger partial charge is 0.401 e. The number of hydrogen-bond donors (Lipinski definition) is 1. The molecule has 0 radical (unpaired) electrons. The van der Waals surface area contributed by atoms with Gasteiger partial charge in [-0.25, -0.2) is 0 Å². The van der Waals surface area contributed by atoms with Crippen molar-refractivity contribution in [3.63, 3.8) is 0 Å². The molecule has 1 aliphatic carbocycles. The monoisotopic (exact) mass is 220 g/mol. The summed E-state index contributed by atoms with van der Waals surface area (Å²) in [5.41, 5.74) is 0. The number of hydrogen-bond acceptors (Lipinski definition) is 2. The quantitative estimate of drug-likeness (QED) is 0.793. The number of alkyl halides is 3. The SMILES string of the molecule is N#CCC1CCC(NCC(F)(F)F)CC1. The number of halogens is 3. The van der Waals surface area contributed by atoms with E-state index in [0.717, 1.165) is 25.7 Å². The van der Waals surface area contributed by atoms with Crippen LogP contribution in [0.2, 0.25) is 0 Å². The van der Waals surface area contributed by atoms with Crippen molar-refractivity contribution in [3.8, 4) is 6.07 Å². The van der Waals surface area contributed by atoms with Gasteiger partial charge in [0.1, 0.15) is 0 Å². The Labute approximate surface area is 87.5 Å². The Morgan fingerprint density at radius 3 is 2.27 bits per heavy atom. The van der Waals surface area contributed by atoms with Crippen LogP contribution in [0.15, 0.2) is 0 Å².